The highest BCUT2D eigenvalue weighted by atomic mass is 32.1. The van der Waals surface area contributed by atoms with E-state index in [1.54, 1.807) is 11.3 Å². The van der Waals surface area contributed by atoms with Gasteiger partial charge in [-0.3, -0.25) is 5.10 Å². The molecule has 3 aromatic rings. The molecule has 1 aliphatic rings. The van der Waals surface area contributed by atoms with Crippen LogP contribution in [0.2, 0.25) is 0 Å². The van der Waals surface area contributed by atoms with E-state index in [0.29, 0.717) is 0 Å². The Kier molecular flexibility index (Phi) is 3.12. The fourth-order valence-electron chi connectivity index (χ4n) is 2.87. The molecule has 5 nitrogen and oxygen atoms in total. The molecule has 1 unspecified atom stereocenters. The molecule has 4 rings (SSSR count). The molecule has 1 fully saturated rings. The minimum atomic E-state index is 0.225. The first-order chi connectivity index (χ1) is 10.3. The van der Waals surface area contributed by atoms with E-state index in [0.717, 1.165) is 43.3 Å². The third-order valence-electron chi connectivity index (χ3n) is 3.95. The number of fused-ring (bicyclic) bond motifs is 1. The average molecular weight is 299 g/mol. The van der Waals surface area contributed by atoms with Gasteiger partial charge >= 0.3 is 0 Å². The van der Waals surface area contributed by atoms with E-state index < -0.39 is 0 Å². The summed E-state index contributed by atoms with van der Waals surface area (Å²) in [6.07, 6.45) is 2.19. The van der Waals surface area contributed by atoms with Crippen molar-refractivity contribution in [2.75, 3.05) is 18.0 Å². The quantitative estimate of drug-likeness (QED) is 0.763. The van der Waals surface area contributed by atoms with Crippen LogP contribution in [0.25, 0.3) is 21.5 Å². The summed E-state index contributed by atoms with van der Waals surface area (Å²) in [5.41, 5.74) is 7.15. The van der Waals surface area contributed by atoms with Crippen molar-refractivity contribution in [2.24, 2.45) is 5.73 Å². The summed E-state index contributed by atoms with van der Waals surface area (Å²) in [6, 6.07) is 8.59. The molecule has 1 saturated heterocycles. The number of anilines is 1. The van der Waals surface area contributed by atoms with E-state index in [1.165, 1.54) is 10.1 Å². The summed E-state index contributed by atoms with van der Waals surface area (Å²) < 4.78 is 1.27. The van der Waals surface area contributed by atoms with Crippen LogP contribution in [-0.4, -0.2) is 34.3 Å². The van der Waals surface area contributed by atoms with Crippen molar-refractivity contribution in [3.05, 3.63) is 29.6 Å². The van der Waals surface area contributed by atoms with Gasteiger partial charge in [0.15, 0.2) is 5.82 Å². The Bertz CT molecular complexity index is 762. The lowest BCUT2D eigenvalue weighted by atomic mass is 10.1. The first-order valence-electron chi connectivity index (χ1n) is 7.21. The molecule has 0 saturated carbocycles. The number of H-pyrrole nitrogens is 1. The number of rotatable bonds is 2. The zero-order valence-electron chi connectivity index (χ0n) is 11.6. The number of nitrogens with one attached hydrogen (secondary N) is 1. The van der Waals surface area contributed by atoms with Crippen LogP contribution in [-0.2, 0) is 0 Å². The predicted octanol–water partition coefficient (Wildman–Crippen LogP) is 2.61. The van der Waals surface area contributed by atoms with Crippen LogP contribution in [0.1, 0.15) is 12.8 Å². The molecule has 108 valence electrons. The smallest absolute Gasteiger partial charge is 0.245 e. The predicted molar refractivity (Wildman–Crippen MR) is 86.6 cm³/mol. The number of nitrogens with zero attached hydrogens (tertiary/aromatic N) is 3. The van der Waals surface area contributed by atoms with Crippen LogP contribution in [0.5, 0.6) is 0 Å². The molecule has 0 aliphatic carbocycles. The Labute approximate surface area is 126 Å². The van der Waals surface area contributed by atoms with E-state index in [-0.39, 0.29) is 6.04 Å². The van der Waals surface area contributed by atoms with Crippen molar-refractivity contribution in [3.8, 4) is 11.4 Å². The number of piperidine rings is 1. The molecule has 0 amide bonds. The van der Waals surface area contributed by atoms with Gasteiger partial charge in [0.1, 0.15) is 0 Å². The Balaban J connectivity index is 1.68. The summed E-state index contributed by atoms with van der Waals surface area (Å²) in [5.74, 6) is 1.59. The monoisotopic (exact) mass is 299 g/mol. The van der Waals surface area contributed by atoms with Crippen molar-refractivity contribution in [1.82, 2.24) is 15.2 Å². The second-order valence-electron chi connectivity index (χ2n) is 5.48. The van der Waals surface area contributed by atoms with Crippen LogP contribution in [0, 0.1) is 0 Å². The third-order valence-corrected chi connectivity index (χ3v) is 4.91. The standard InChI is InChI=1S/C15H17N5S/c16-10-4-3-7-20(8-10)15-17-14(18-19-15)12-9-21-13-6-2-1-5-11(12)13/h1-2,5-6,9-10H,3-4,7-8,16H2,(H,17,18,19). The lowest BCUT2D eigenvalue weighted by Crippen LogP contribution is -2.43. The number of thiophene rings is 1. The SMILES string of the molecule is NC1CCCN(c2n[nH]c(-c3csc4ccccc34)n2)C1. The Morgan fingerprint density at radius 1 is 1.33 bits per heavy atom. The zero-order chi connectivity index (χ0) is 14.2. The molecule has 0 bridgehead atoms. The van der Waals surface area contributed by atoms with Crippen LogP contribution in [0.15, 0.2) is 29.6 Å². The maximum atomic E-state index is 6.03. The summed E-state index contributed by atoms with van der Waals surface area (Å²) in [6.45, 7) is 1.82. The molecule has 6 heteroatoms. The minimum absolute atomic E-state index is 0.225. The Morgan fingerprint density at radius 3 is 3.14 bits per heavy atom. The third kappa shape index (κ3) is 2.30. The molecule has 1 aliphatic heterocycles. The minimum Gasteiger partial charge on any atom is -0.338 e. The summed E-state index contributed by atoms with van der Waals surface area (Å²) in [7, 11) is 0. The second-order valence-corrected chi connectivity index (χ2v) is 6.39. The van der Waals surface area contributed by atoms with Crippen molar-refractivity contribution in [2.45, 2.75) is 18.9 Å². The van der Waals surface area contributed by atoms with Crippen LogP contribution in [0.4, 0.5) is 5.95 Å². The van der Waals surface area contributed by atoms with Crippen LogP contribution >= 0.6 is 11.3 Å². The van der Waals surface area contributed by atoms with Gasteiger partial charge < -0.3 is 10.6 Å². The number of aromatic nitrogens is 3. The first kappa shape index (κ1) is 12.8. The van der Waals surface area contributed by atoms with Gasteiger partial charge in [-0.2, -0.15) is 4.98 Å². The number of benzene rings is 1. The topological polar surface area (TPSA) is 70.8 Å². The highest BCUT2D eigenvalue weighted by Crippen LogP contribution is 2.32. The first-order valence-corrected chi connectivity index (χ1v) is 8.09. The highest BCUT2D eigenvalue weighted by Gasteiger charge is 2.21. The fraction of sp³-hybridized carbons (Fsp3) is 0.333. The van der Waals surface area contributed by atoms with Crippen molar-refractivity contribution >= 4 is 27.4 Å². The molecule has 3 N–H and O–H groups in total. The molecule has 3 heterocycles. The number of hydrogen-bond donors (Lipinski definition) is 2. The van der Waals surface area contributed by atoms with Crippen molar-refractivity contribution < 1.29 is 0 Å². The number of hydrogen-bond acceptors (Lipinski definition) is 5. The lowest BCUT2D eigenvalue weighted by Gasteiger charge is -2.29. The second kappa shape index (κ2) is 5.13. The summed E-state index contributed by atoms with van der Waals surface area (Å²) >= 11 is 1.73. The number of nitrogens with two attached hydrogens (primary N) is 1. The van der Waals surface area contributed by atoms with Crippen molar-refractivity contribution in [3.63, 3.8) is 0 Å². The van der Waals surface area contributed by atoms with Gasteiger partial charge in [-0.1, -0.05) is 18.2 Å². The van der Waals surface area contributed by atoms with Gasteiger partial charge in [0.25, 0.3) is 0 Å². The molecular weight excluding hydrogens is 282 g/mol. The van der Waals surface area contributed by atoms with Gasteiger partial charge in [-0.15, -0.1) is 16.4 Å². The van der Waals surface area contributed by atoms with E-state index in [4.69, 9.17) is 5.73 Å². The fourth-order valence-corrected chi connectivity index (χ4v) is 3.81. The van der Waals surface area contributed by atoms with Gasteiger partial charge in [0, 0.05) is 40.2 Å². The molecule has 21 heavy (non-hydrogen) atoms. The maximum Gasteiger partial charge on any atom is 0.245 e. The van der Waals surface area contributed by atoms with Crippen LogP contribution < -0.4 is 10.6 Å². The molecular formula is C15H17N5S. The van der Waals surface area contributed by atoms with Gasteiger partial charge in [-0.25, -0.2) is 0 Å². The number of aromatic amines is 1. The average Bonchev–Trinajstić information content (AvgIpc) is 3.14. The lowest BCUT2D eigenvalue weighted by molar-refractivity contribution is 0.500. The Morgan fingerprint density at radius 2 is 2.24 bits per heavy atom. The normalized spacial score (nSPS) is 19.3. The summed E-state index contributed by atoms with van der Waals surface area (Å²) in [5, 5.41) is 10.8. The van der Waals surface area contributed by atoms with Gasteiger partial charge in [0.2, 0.25) is 5.95 Å². The molecule has 0 radical (unpaired) electrons. The molecule has 1 atom stereocenters. The molecule has 2 aromatic heterocycles. The zero-order valence-corrected chi connectivity index (χ0v) is 12.4. The van der Waals surface area contributed by atoms with Crippen LogP contribution in [0.3, 0.4) is 0 Å². The van der Waals surface area contributed by atoms with E-state index in [1.807, 2.05) is 0 Å². The van der Waals surface area contributed by atoms with E-state index >= 15 is 0 Å². The summed E-state index contributed by atoms with van der Waals surface area (Å²) in [4.78, 5) is 6.84. The molecule has 0 spiro atoms. The van der Waals surface area contributed by atoms with E-state index in [2.05, 4.69) is 49.7 Å². The van der Waals surface area contributed by atoms with Gasteiger partial charge in [-0.05, 0) is 18.9 Å². The molecule has 1 aromatic carbocycles. The Hall–Kier alpha value is -1.92. The highest BCUT2D eigenvalue weighted by molar-refractivity contribution is 7.17. The maximum absolute atomic E-state index is 6.03. The van der Waals surface area contributed by atoms with Crippen molar-refractivity contribution in [1.29, 1.82) is 0 Å². The largest absolute Gasteiger partial charge is 0.338 e. The van der Waals surface area contributed by atoms with Gasteiger partial charge in [0.05, 0.1) is 0 Å². The van der Waals surface area contributed by atoms with E-state index in [9.17, 15) is 0 Å².